The molecule has 0 fully saturated rings. The summed E-state index contributed by atoms with van der Waals surface area (Å²) >= 11 is 0. The van der Waals surface area contributed by atoms with Gasteiger partial charge in [-0.25, -0.2) is 0 Å². The Bertz CT molecular complexity index is 175. The SMILES string of the molecule is CC(F)(F)C(CO)(CO)[N+](=O)[O-]. The van der Waals surface area contributed by atoms with Gasteiger partial charge in [-0.15, -0.1) is 0 Å². The lowest BCUT2D eigenvalue weighted by molar-refractivity contribution is -0.605. The Morgan fingerprint density at radius 1 is 1.42 bits per heavy atom. The number of rotatable bonds is 4. The Balaban J connectivity index is 4.97. The average Bonchev–Trinajstić information content (AvgIpc) is 1.87. The lowest BCUT2D eigenvalue weighted by atomic mass is 9.95. The molecule has 0 saturated carbocycles. The van der Waals surface area contributed by atoms with Gasteiger partial charge in [-0.3, -0.25) is 10.1 Å². The van der Waals surface area contributed by atoms with E-state index in [-0.39, 0.29) is 6.92 Å². The highest BCUT2D eigenvalue weighted by Crippen LogP contribution is 2.30. The molecule has 0 atom stereocenters. The maximum absolute atomic E-state index is 12.5. The summed E-state index contributed by atoms with van der Waals surface area (Å²) in [7, 11) is 0. The summed E-state index contributed by atoms with van der Waals surface area (Å²) in [5.74, 6) is -3.76. The second-order valence-corrected chi connectivity index (χ2v) is 2.49. The van der Waals surface area contributed by atoms with E-state index in [9.17, 15) is 18.9 Å². The van der Waals surface area contributed by atoms with Gasteiger partial charge in [0.2, 0.25) is 0 Å². The van der Waals surface area contributed by atoms with Crippen LogP contribution in [0.2, 0.25) is 0 Å². The van der Waals surface area contributed by atoms with Gasteiger partial charge in [-0.1, -0.05) is 0 Å². The molecule has 0 rings (SSSR count). The molecule has 0 unspecified atom stereocenters. The fourth-order valence-electron chi connectivity index (χ4n) is 0.603. The zero-order chi connectivity index (χ0) is 9.99. The van der Waals surface area contributed by atoms with Crippen molar-refractivity contribution in [2.45, 2.75) is 18.4 Å². The summed E-state index contributed by atoms with van der Waals surface area (Å²) in [6, 6.07) is 0. The van der Waals surface area contributed by atoms with Crippen molar-refractivity contribution in [1.82, 2.24) is 0 Å². The smallest absolute Gasteiger partial charge is 0.328 e. The molecule has 12 heavy (non-hydrogen) atoms. The molecule has 0 aromatic heterocycles. The standard InChI is InChI=1S/C5H9F2NO4/c1-4(6,7)5(2-9,3-10)8(11)12/h9-10H,2-3H2,1H3. The number of aliphatic hydroxyl groups excluding tert-OH is 2. The molecule has 0 aliphatic heterocycles. The molecule has 7 heteroatoms. The van der Waals surface area contributed by atoms with Crippen LogP contribution in [-0.2, 0) is 0 Å². The van der Waals surface area contributed by atoms with Crippen molar-refractivity contribution in [3.63, 3.8) is 0 Å². The summed E-state index contributed by atoms with van der Waals surface area (Å²) in [6.45, 7) is -2.53. The summed E-state index contributed by atoms with van der Waals surface area (Å²) in [5.41, 5.74) is -2.98. The zero-order valence-corrected chi connectivity index (χ0v) is 6.33. The molecule has 0 aromatic carbocycles. The maximum Gasteiger partial charge on any atom is 0.328 e. The maximum atomic E-state index is 12.5. The average molecular weight is 185 g/mol. The topological polar surface area (TPSA) is 83.6 Å². The number of nitrogens with zero attached hydrogens (tertiary/aromatic N) is 1. The van der Waals surface area contributed by atoms with E-state index in [1.807, 2.05) is 0 Å². The van der Waals surface area contributed by atoms with E-state index in [2.05, 4.69) is 0 Å². The van der Waals surface area contributed by atoms with Gasteiger partial charge in [0.25, 0.3) is 0 Å². The molecule has 72 valence electrons. The third kappa shape index (κ3) is 1.51. The van der Waals surface area contributed by atoms with E-state index >= 15 is 0 Å². The van der Waals surface area contributed by atoms with E-state index in [0.29, 0.717) is 0 Å². The molecule has 2 N–H and O–H groups in total. The molecule has 0 saturated heterocycles. The van der Waals surface area contributed by atoms with Gasteiger partial charge >= 0.3 is 11.5 Å². The first-order chi connectivity index (χ1) is 5.31. The molecule has 0 radical (unpaired) electrons. The van der Waals surface area contributed by atoms with Crippen LogP contribution in [0.4, 0.5) is 8.78 Å². The van der Waals surface area contributed by atoms with Crippen LogP contribution in [-0.4, -0.2) is 39.8 Å². The molecule has 0 aliphatic rings. The van der Waals surface area contributed by atoms with Gasteiger partial charge < -0.3 is 10.2 Å². The van der Waals surface area contributed by atoms with Crippen LogP contribution in [0.5, 0.6) is 0 Å². The van der Waals surface area contributed by atoms with E-state index in [1.165, 1.54) is 0 Å². The van der Waals surface area contributed by atoms with Gasteiger partial charge in [0.1, 0.15) is 13.2 Å². The summed E-state index contributed by atoms with van der Waals surface area (Å²) in [4.78, 5) is 8.77. The minimum atomic E-state index is -3.76. The lowest BCUT2D eigenvalue weighted by Gasteiger charge is -2.26. The van der Waals surface area contributed by atoms with E-state index in [0.717, 1.165) is 0 Å². The van der Waals surface area contributed by atoms with Gasteiger partial charge in [-0.2, -0.15) is 8.78 Å². The Morgan fingerprint density at radius 3 is 1.75 bits per heavy atom. The van der Waals surface area contributed by atoms with Crippen LogP contribution >= 0.6 is 0 Å². The van der Waals surface area contributed by atoms with Crippen LogP contribution < -0.4 is 0 Å². The molecule has 0 aliphatic carbocycles. The van der Waals surface area contributed by atoms with Gasteiger partial charge in [0.05, 0.1) is 0 Å². The number of alkyl halides is 2. The van der Waals surface area contributed by atoms with E-state index in [1.54, 1.807) is 0 Å². The van der Waals surface area contributed by atoms with Crippen LogP contribution in [0.1, 0.15) is 6.92 Å². The molecular weight excluding hydrogens is 176 g/mol. The number of hydrogen-bond acceptors (Lipinski definition) is 4. The Labute approximate surface area is 66.8 Å². The second kappa shape index (κ2) is 3.28. The van der Waals surface area contributed by atoms with Gasteiger partial charge in [-0.05, 0) is 0 Å². The van der Waals surface area contributed by atoms with Crippen LogP contribution in [0.25, 0.3) is 0 Å². The molecule has 0 aromatic rings. The predicted octanol–water partition coefficient (Wildman–Crippen LogP) is -0.358. The highest BCUT2D eigenvalue weighted by molar-refractivity contribution is 4.89. The van der Waals surface area contributed by atoms with Crippen molar-refractivity contribution < 1.29 is 23.9 Å². The van der Waals surface area contributed by atoms with E-state index < -0.39 is 29.6 Å². The zero-order valence-electron chi connectivity index (χ0n) is 6.33. The number of hydrogen-bond donors (Lipinski definition) is 2. The highest BCUT2D eigenvalue weighted by Gasteiger charge is 2.60. The van der Waals surface area contributed by atoms with Crippen molar-refractivity contribution >= 4 is 0 Å². The first-order valence-electron chi connectivity index (χ1n) is 3.06. The van der Waals surface area contributed by atoms with Crippen molar-refractivity contribution in [1.29, 1.82) is 0 Å². The van der Waals surface area contributed by atoms with Gasteiger partial charge in [0, 0.05) is 11.8 Å². The molecule has 0 spiro atoms. The molecular formula is C5H9F2NO4. The molecule has 0 bridgehead atoms. The van der Waals surface area contributed by atoms with Crippen molar-refractivity contribution in [3.8, 4) is 0 Å². The molecule has 0 amide bonds. The van der Waals surface area contributed by atoms with E-state index in [4.69, 9.17) is 10.2 Å². The van der Waals surface area contributed by atoms with Gasteiger partial charge in [0.15, 0.2) is 0 Å². The predicted molar refractivity (Wildman–Crippen MR) is 34.5 cm³/mol. The van der Waals surface area contributed by atoms with Crippen LogP contribution in [0.3, 0.4) is 0 Å². The summed E-state index contributed by atoms with van der Waals surface area (Å²) in [5, 5.41) is 26.9. The summed E-state index contributed by atoms with van der Waals surface area (Å²) < 4.78 is 25.1. The number of aliphatic hydroxyl groups is 2. The molecule has 5 nitrogen and oxygen atoms in total. The Morgan fingerprint density at radius 2 is 1.75 bits per heavy atom. The quantitative estimate of drug-likeness (QED) is 0.462. The third-order valence-electron chi connectivity index (χ3n) is 1.69. The first kappa shape index (κ1) is 11.2. The molecule has 0 heterocycles. The lowest BCUT2D eigenvalue weighted by Crippen LogP contribution is -2.58. The number of nitro groups is 1. The minimum Gasteiger partial charge on any atom is -0.389 e. The largest absolute Gasteiger partial charge is 0.389 e. The fourth-order valence-corrected chi connectivity index (χ4v) is 0.603. The highest BCUT2D eigenvalue weighted by atomic mass is 19.3. The van der Waals surface area contributed by atoms with Crippen LogP contribution in [0, 0.1) is 10.1 Å². The minimum absolute atomic E-state index is 0.280. The second-order valence-electron chi connectivity index (χ2n) is 2.49. The van der Waals surface area contributed by atoms with Crippen molar-refractivity contribution in [2.75, 3.05) is 13.2 Å². The number of halogens is 2. The normalized spacial score (nSPS) is 13.1. The third-order valence-corrected chi connectivity index (χ3v) is 1.69. The van der Waals surface area contributed by atoms with Crippen molar-refractivity contribution in [2.24, 2.45) is 0 Å². The summed E-state index contributed by atoms with van der Waals surface area (Å²) in [6.07, 6.45) is 0. The first-order valence-corrected chi connectivity index (χ1v) is 3.06. The Hall–Kier alpha value is -0.820. The fraction of sp³-hybridized carbons (Fsp3) is 1.00. The monoisotopic (exact) mass is 185 g/mol. The Kier molecular flexibility index (Phi) is 3.05. The van der Waals surface area contributed by atoms with Crippen molar-refractivity contribution in [3.05, 3.63) is 10.1 Å². The van der Waals surface area contributed by atoms with Crippen LogP contribution in [0.15, 0.2) is 0 Å².